The molecule has 0 unspecified atom stereocenters. The normalized spacial score (nSPS) is 10.9. The number of benzene rings is 1. The predicted molar refractivity (Wildman–Crippen MR) is 70.7 cm³/mol. The summed E-state index contributed by atoms with van der Waals surface area (Å²) >= 11 is 0. The van der Waals surface area contributed by atoms with Gasteiger partial charge in [-0.1, -0.05) is 13.8 Å². The third kappa shape index (κ3) is 2.42. The average Bonchev–Trinajstić information content (AvgIpc) is 2.27. The average molecular weight is 245 g/mol. The van der Waals surface area contributed by atoms with Gasteiger partial charge in [-0.25, -0.2) is 4.79 Å². The molecule has 0 spiro atoms. The van der Waals surface area contributed by atoms with E-state index in [-0.39, 0.29) is 17.5 Å². The maximum Gasteiger partial charge on any atom is 0.336 e. The third-order valence-electron chi connectivity index (χ3n) is 2.74. The van der Waals surface area contributed by atoms with Crippen molar-refractivity contribution >= 4 is 22.6 Å². The molecule has 0 aliphatic rings. The number of amides is 1. The first-order valence-electron chi connectivity index (χ1n) is 5.83. The number of aryl methyl sites for hydroxylation is 1. The van der Waals surface area contributed by atoms with E-state index in [1.54, 1.807) is 12.1 Å². The van der Waals surface area contributed by atoms with Crippen molar-refractivity contribution in [1.29, 1.82) is 0 Å². The van der Waals surface area contributed by atoms with Gasteiger partial charge in [0, 0.05) is 29.1 Å². The van der Waals surface area contributed by atoms with Crippen LogP contribution in [0.1, 0.15) is 19.4 Å². The Morgan fingerprint density at radius 1 is 1.28 bits per heavy atom. The monoisotopic (exact) mass is 245 g/mol. The van der Waals surface area contributed by atoms with Crippen molar-refractivity contribution in [3.05, 3.63) is 40.2 Å². The van der Waals surface area contributed by atoms with Crippen LogP contribution in [0.5, 0.6) is 0 Å². The smallest absolute Gasteiger partial charge is 0.336 e. The van der Waals surface area contributed by atoms with E-state index < -0.39 is 0 Å². The van der Waals surface area contributed by atoms with Gasteiger partial charge in [-0.15, -0.1) is 0 Å². The first-order valence-corrected chi connectivity index (χ1v) is 5.83. The van der Waals surface area contributed by atoms with E-state index in [2.05, 4.69) is 5.32 Å². The molecule has 0 aliphatic carbocycles. The van der Waals surface area contributed by atoms with Gasteiger partial charge in [0.1, 0.15) is 5.58 Å². The number of carbonyl (C=O) groups is 1. The molecule has 0 bridgehead atoms. The second-order valence-electron chi connectivity index (χ2n) is 4.60. The number of hydrogen-bond donors (Lipinski definition) is 1. The highest BCUT2D eigenvalue weighted by molar-refractivity contribution is 5.94. The summed E-state index contributed by atoms with van der Waals surface area (Å²) in [5.74, 6) is -0.158. The van der Waals surface area contributed by atoms with Crippen molar-refractivity contribution in [2.24, 2.45) is 5.92 Å². The third-order valence-corrected chi connectivity index (χ3v) is 2.74. The lowest BCUT2D eigenvalue weighted by molar-refractivity contribution is -0.118. The standard InChI is InChI=1S/C14H15NO3/c1-8(2)14(17)15-10-4-5-11-9(3)6-13(16)18-12(11)7-10/h4-8H,1-3H3,(H,15,17). The van der Waals surface area contributed by atoms with Crippen LogP contribution in [0.3, 0.4) is 0 Å². The molecule has 94 valence electrons. The number of hydrogen-bond acceptors (Lipinski definition) is 3. The molecule has 2 rings (SSSR count). The molecule has 0 atom stereocenters. The zero-order chi connectivity index (χ0) is 13.3. The molecular formula is C14H15NO3. The lowest BCUT2D eigenvalue weighted by Crippen LogP contribution is -2.17. The van der Waals surface area contributed by atoms with Gasteiger partial charge in [-0.2, -0.15) is 0 Å². The fraction of sp³-hybridized carbons (Fsp3) is 0.286. The maximum absolute atomic E-state index is 11.6. The minimum absolute atomic E-state index is 0.0654. The molecule has 2 aromatic rings. The SMILES string of the molecule is Cc1cc(=O)oc2cc(NC(=O)C(C)C)ccc12. The number of fused-ring (bicyclic) bond motifs is 1. The molecule has 0 aliphatic heterocycles. The summed E-state index contributed by atoms with van der Waals surface area (Å²) in [5, 5.41) is 3.64. The van der Waals surface area contributed by atoms with Crippen LogP contribution in [0.25, 0.3) is 11.0 Å². The van der Waals surface area contributed by atoms with Crippen LogP contribution in [-0.2, 0) is 4.79 Å². The van der Waals surface area contributed by atoms with E-state index in [1.807, 2.05) is 26.8 Å². The van der Waals surface area contributed by atoms with Crippen LogP contribution < -0.4 is 10.9 Å². The number of rotatable bonds is 2. The Morgan fingerprint density at radius 2 is 2.00 bits per heavy atom. The van der Waals surface area contributed by atoms with E-state index >= 15 is 0 Å². The molecule has 0 radical (unpaired) electrons. The van der Waals surface area contributed by atoms with Gasteiger partial charge in [0.2, 0.25) is 5.91 Å². The Morgan fingerprint density at radius 3 is 2.67 bits per heavy atom. The Bertz CT molecular complexity index is 656. The Hall–Kier alpha value is -2.10. The van der Waals surface area contributed by atoms with Crippen LogP contribution in [0.2, 0.25) is 0 Å². The first-order chi connectivity index (χ1) is 8.47. The molecule has 0 saturated heterocycles. The predicted octanol–water partition coefficient (Wildman–Crippen LogP) is 2.70. The van der Waals surface area contributed by atoms with E-state index in [1.165, 1.54) is 6.07 Å². The summed E-state index contributed by atoms with van der Waals surface area (Å²) in [6.45, 7) is 5.49. The van der Waals surface area contributed by atoms with Crippen molar-refractivity contribution in [3.63, 3.8) is 0 Å². The van der Waals surface area contributed by atoms with Crippen LogP contribution in [0, 0.1) is 12.8 Å². The molecular weight excluding hydrogens is 230 g/mol. The molecule has 1 aromatic heterocycles. The largest absolute Gasteiger partial charge is 0.423 e. The molecule has 18 heavy (non-hydrogen) atoms. The molecule has 1 N–H and O–H groups in total. The lowest BCUT2D eigenvalue weighted by atomic mass is 10.1. The second kappa shape index (κ2) is 4.64. The van der Waals surface area contributed by atoms with Gasteiger partial charge in [-0.3, -0.25) is 4.79 Å². The van der Waals surface area contributed by atoms with Crippen molar-refractivity contribution in [2.75, 3.05) is 5.32 Å². The highest BCUT2D eigenvalue weighted by Crippen LogP contribution is 2.21. The van der Waals surface area contributed by atoms with E-state index in [4.69, 9.17) is 4.42 Å². The van der Waals surface area contributed by atoms with Crippen LogP contribution in [0.4, 0.5) is 5.69 Å². The van der Waals surface area contributed by atoms with Gasteiger partial charge in [0.05, 0.1) is 0 Å². The van der Waals surface area contributed by atoms with Crippen molar-refractivity contribution in [2.45, 2.75) is 20.8 Å². The number of anilines is 1. The maximum atomic E-state index is 11.6. The van der Waals surface area contributed by atoms with Gasteiger partial charge >= 0.3 is 5.63 Å². The zero-order valence-corrected chi connectivity index (χ0v) is 10.6. The molecule has 4 nitrogen and oxygen atoms in total. The number of carbonyl (C=O) groups excluding carboxylic acids is 1. The van der Waals surface area contributed by atoms with E-state index in [9.17, 15) is 9.59 Å². The van der Waals surface area contributed by atoms with Gasteiger partial charge in [-0.05, 0) is 24.6 Å². The van der Waals surface area contributed by atoms with Crippen molar-refractivity contribution in [1.82, 2.24) is 0 Å². The summed E-state index contributed by atoms with van der Waals surface area (Å²) in [4.78, 5) is 22.9. The van der Waals surface area contributed by atoms with Gasteiger partial charge < -0.3 is 9.73 Å². The van der Waals surface area contributed by atoms with Crippen LogP contribution >= 0.6 is 0 Å². The van der Waals surface area contributed by atoms with Crippen LogP contribution in [0.15, 0.2) is 33.5 Å². The van der Waals surface area contributed by atoms with Gasteiger partial charge in [0.25, 0.3) is 0 Å². The van der Waals surface area contributed by atoms with E-state index in [0.717, 1.165) is 10.9 Å². The summed E-state index contributed by atoms with van der Waals surface area (Å²) in [6, 6.07) is 6.76. The first kappa shape index (κ1) is 12.4. The summed E-state index contributed by atoms with van der Waals surface area (Å²) in [7, 11) is 0. The highest BCUT2D eigenvalue weighted by Gasteiger charge is 2.08. The number of nitrogens with one attached hydrogen (secondary N) is 1. The zero-order valence-electron chi connectivity index (χ0n) is 10.6. The minimum Gasteiger partial charge on any atom is -0.423 e. The van der Waals surface area contributed by atoms with Crippen molar-refractivity contribution < 1.29 is 9.21 Å². The van der Waals surface area contributed by atoms with Crippen molar-refractivity contribution in [3.8, 4) is 0 Å². The van der Waals surface area contributed by atoms with Gasteiger partial charge in [0.15, 0.2) is 0 Å². The lowest BCUT2D eigenvalue weighted by Gasteiger charge is -2.08. The second-order valence-corrected chi connectivity index (χ2v) is 4.60. The highest BCUT2D eigenvalue weighted by atomic mass is 16.4. The van der Waals surface area contributed by atoms with E-state index in [0.29, 0.717) is 11.3 Å². The summed E-state index contributed by atoms with van der Waals surface area (Å²) < 4.78 is 5.12. The molecule has 0 fully saturated rings. The Kier molecular flexibility index (Phi) is 3.19. The molecule has 1 aromatic carbocycles. The Labute approximate surface area is 105 Å². The summed E-state index contributed by atoms with van der Waals surface area (Å²) in [6.07, 6.45) is 0. The van der Waals surface area contributed by atoms with Crippen LogP contribution in [-0.4, -0.2) is 5.91 Å². The fourth-order valence-electron chi connectivity index (χ4n) is 1.69. The molecule has 1 heterocycles. The molecule has 1 amide bonds. The topological polar surface area (TPSA) is 59.3 Å². The minimum atomic E-state index is -0.382. The molecule has 4 heteroatoms. The summed E-state index contributed by atoms with van der Waals surface area (Å²) in [5.41, 5.74) is 1.60. The fourth-order valence-corrected chi connectivity index (χ4v) is 1.69. The Balaban J connectivity index is 2.44. The quantitative estimate of drug-likeness (QED) is 0.827. The molecule has 0 saturated carbocycles.